The average molecular weight is 423 g/mol. The van der Waals surface area contributed by atoms with Crippen LogP contribution in [0, 0.1) is 0 Å². The Morgan fingerprint density at radius 2 is 1.93 bits per heavy atom. The van der Waals surface area contributed by atoms with Crippen molar-refractivity contribution in [2.24, 2.45) is 0 Å². The number of halogens is 1. The summed E-state index contributed by atoms with van der Waals surface area (Å²) >= 11 is 8.08. The van der Waals surface area contributed by atoms with E-state index in [0.29, 0.717) is 24.4 Å². The first-order valence-electron chi connectivity index (χ1n) is 8.72. The van der Waals surface area contributed by atoms with Crippen LogP contribution in [0.4, 0.5) is 0 Å². The summed E-state index contributed by atoms with van der Waals surface area (Å²) in [4.78, 5) is 0. The molecule has 1 saturated heterocycles. The third-order valence-electron chi connectivity index (χ3n) is 4.72. The van der Waals surface area contributed by atoms with Crippen LogP contribution in [-0.4, -0.2) is 36.7 Å². The molecule has 1 atom stereocenters. The lowest BCUT2D eigenvalue weighted by Crippen LogP contribution is -2.34. The van der Waals surface area contributed by atoms with Crippen molar-refractivity contribution in [3.63, 3.8) is 0 Å². The summed E-state index contributed by atoms with van der Waals surface area (Å²) in [5.74, 6) is 0.583. The number of thioether (sulfide) groups is 1. The first-order chi connectivity index (χ1) is 13.0. The van der Waals surface area contributed by atoms with E-state index in [1.165, 1.54) is 0 Å². The monoisotopic (exact) mass is 422 g/mol. The van der Waals surface area contributed by atoms with Crippen LogP contribution < -0.4 is 0 Å². The van der Waals surface area contributed by atoms with Crippen LogP contribution >= 0.6 is 23.4 Å². The standard InChI is InChI=1S/C19H19ClN2O3S2/c20-16-7-3-1-5-14(16)19-9-10-22(11-12-26-19)27(23,24)13-17-15-6-2-4-8-18(15)25-21-17/h1-8,19H,9-13H2. The lowest BCUT2D eigenvalue weighted by molar-refractivity contribution is 0.422. The number of hydrogen-bond acceptors (Lipinski definition) is 5. The molecule has 142 valence electrons. The molecule has 0 bridgehead atoms. The number of hydrogen-bond donors (Lipinski definition) is 0. The van der Waals surface area contributed by atoms with Crippen molar-refractivity contribution in [2.45, 2.75) is 17.4 Å². The van der Waals surface area contributed by atoms with Gasteiger partial charge >= 0.3 is 0 Å². The van der Waals surface area contributed by atoms with Gasteiger partial charge in [-0.2, -0.15) is 11.8 Å². The maximum Gasteiger partial charge on any atom is 0.220 e. The Balaban J connectivity index is 1.50. The van der Waals surface area contributed by atoms with Crippen molar-refractivity contribution in [1.29, 1.82) is 0 Å². The van der Waals surface area contributed by atoms with E-state index in [1.807, 2.05) is 42.5 Å². The van der Waals surface area contributed by atoms with Crippen LogP contribution in [0.5, 0.6) is 0 Å². The fourth-order valence-corrected chi connectivity index (χ4v) is 6.52. The van der Waals surface area contributed by atoms with E-state index < -0.39 is 10.0 Å². The summed E-state index contributed by atoms with van der Waals surface area (Å²) in [5, 5.41) is 5.66. The number of rotatable bonds is 4. The zero-order chi connectivity index (χ0) is 18.9. The van der Waals surface area contributed by atoms with E-state index in [1.54, 1.807) is 22.1 Å². The first-order valence-corrected chi connectivity index (χ1v) is 11.8. The van der Waals surface area contributed by atoms with Gasteiger partial charge in [0.25, 0.3) is 0 Å². The molecule has 0 radical (unpaired) electrons. The second kappa shape index (κ2) is 7.83. The molecule has 27 heavy (non-hydrogen) atoms. The molecule has 0 N–H and O–H groups in total. The molecule has 1 unspecified atom stereocenters. The van der Waals surface area contributed by atoms with E-state index in [9.17, 15) is 8.42 Å². The van der Waals surface area contributed by atoms with E-state index in [-0.39, 0.29) is 11.0 Å². The lowest BCUT2D eigenvalue weighted by atomic mass is 10.1. The SMILES string of the molecule is O=S(=O)(Cc1noc2ccccc12)N1CCSC(c2ccccc2Cl)CC1. The molecular formula is C19H19ClN2O3S2. The predicted octanol–water partition coefficient (Wildman–Crippen LogP) is 4.49. The van der Waals surface area contributed by atoms with Crippen LogP contribution in [0.2, 0.25) is 5.02 Å². The maximum absolute atomic E-state index is 13.0. The average Bonchev–Trinajstić information content (AvgIpc) is 2.89. The lowest BCUT2D eigenvalue weighted by Gasteiger charge is -2.19. The molecule has 1 aliphatic rings. The zero-order valence-corrected chi connectivity index (χ0v) is 16.9. The molecule has 3 aromatic rings. The number of fused-ring (bicyclic) bond motifs is 1. The van der Waals surface area contributed by atoms with Crippen LogP contribution in [-0.2, 0) is 15.8 Å². The third-order valence-corrected chi connectivity index (χ3v) is 8.16. The normalized spacial score (nSPS) is 19.2. The number of benzene rings is 2. The molecule has 5 nitrogen and oxygen atoms in total. The fraction of sp³-hybridized carbons (Fsp3) is 0.316. The molecule has 8 heteroatoms. The second-order valence-electron chi connectivity index (χ2n) is 6.45. The highest BCUT2D eigenvalue weighted by molar-refractivity contribution is 7.99. The van der Waals surface area contributed by atoms with E-state index in [0.717, 1.165) is 28.1 Å². The highest BCUT2D eigenvalue weighted by Crippen LogP contribution is 2.38. The van der Waals surface area contributed by atoms with Gasteiger partial charge in [0, 0.05) is 34.5 Å². The summed E-state index contributed by atoms with van der Waals surface area (Å²) in [5.41, 5.74) is 2.14. The van der Waals surface area contributed by atoms with Crippen molar-refractivity contribution in [3.8, 4) is 0 Å². The molecule has 1 aliphatic heterocycles. The summed E-state index contributed by atoms with van der Waals surface area (Å²) in [6, 6.07) is 15.1. The van der Waals surface area contributed by atoms with Crippen LogP contribution in [0.15, 0.2) is 53.1 Å². The van der Waals surface area contributed by atoms with Crippen molar-refractivity contribution in [3.05, 3.63) is 64.8 Å². The minimum atomic E-state index is -3.47. The molecule has 2 heterocycles. The first kappa shape index (κ1) is 18.8. The Morgan fingerprint density at radius 1 is 1.15 bits per heavy atom. The van der Waals surface area contributed by atoms with Gasteiger partial charge in [0.05, 0.1) is 0 Å². The van der Waals surface area contributed by atoms with Gasteiger partial charge in [-0.25, -0.2) is 12.7 Å². The summed E-state index contributed by atoms with van der Waals surface area (Å²) in [6.07, 6.45) is 0.729. The minimum Gasteiger partial charge on any atom is -0.356 e. The summed E-state index contributed by atoms with van der Waals surface area (Å²) < 4.78 is 32.7. The van der Waals surface area contributed by atoms with Gasteiger partial charge in [0.15, 0.2) is 5.58 Å². The van der Waals surface area contributed by atoms with Gasteiger partial charge in [-0.1, -0.05) is 47.1 Å². The zero-order valence-electron chi connectivity index (χ0n) is 14.5. The van der Waals surface area contributed by atoms with Gasteiger partial charge in [-0.05, 0) is 30.2 Å². The Bertz CT molecular complexity index is 1050. The molecule has 2 aromatic carbocycles. The molecule has 0 amide bonds. The summed E-state index contributed by atoms with van der Waals surface area (Å²) in [7, 11) is -3.47. The molecule has 0 spiro atoms. The molecule has 4 rings (SSSR count). The van der Waals surface area contributed by atoms with Gasteiger partial charge in [-0.3, -0.25) is 0 Å². The fourth-order valence-electron chi connectivity index (χ4n) is 3.32. The van der Waals surface area contributed by atoms with Crippen molar-refractivity contribution < 1.29 is 12.9 Å². The number of nitrogens with zero attached hydrogens (tertiary/aromatic N) is 2. The van der Waals surface area contributed by atoms with Crippen LogP contribution in [0.25, 0.3) is 11.0 Å². The second-order valence-corrected chi connectivity index (χ2v) is 10.1. The quantitative estimate of drug-likeness (QED) is 0.619. The van der Waals surface area contributed by atoms with Gasteiger partial charge in [-0.15, -0.1) is 0 Å². The minimum absolute atomic E-state index is 0.147. The van der Waals surface area contributed by atoms with Crippen molar-refractivity contribution in [1.82, 2.24) is 9.46 Å². The Labute approximate surface area is 167 Å². The Hall–Kier alpha value is -1.54. The Kier molecular flexibility index (Phi) is 5.45. The van der Waals surface area contributed by atoms with Gasteiger partial charge in [0.2, 0.25) is 10.0 Å². The molecule has 0 aliphatic carbocycles. The van der Waals surface area contributed by atoms with E-state index in [4.69, 9.17) is 16.1 Å². The van der Waals surface area contributed by atoms with Gasteiger partial charge < -0.3 is 4.52 Å². The molecule has 1 aromatic heterocycles. The highest BCUT2D eigenvalue weighted by Gasteiger charge is 2.29. The van der Waals surface area contributed by atoms with Crippen LogP contribution in [0.1, 0.15) is 22.9 Å². The van der Waals surface area contributed by atoms with Crippen molar-refractivity contribution in [2.75, 3.05) is 18.8 Å². The number of para-hydroxylation sites is 1. The predicted molar refractivity (Wildman–Crippen MR) is 109 cm³/mol. The van der Waals surface area contributed by atoms with Crippen molar-refractivity contribution >= 4 is 44.4 Å². The molecule has 1 fully saturated rings. The number of sulfonamides is 1. The molecular weight excluding hydrogens is 404 g/mol. The summed E-state index contributed by atoms with van der Waals surface area (Å²) in [6.45, 7) is 0.963. The Morgan fingerprint density at radius 3 is 2.78 bits per heavy atom. The van der Waals surface area contributed by atoms with Gasteiger partial charge in [0.1, 0.15) is 11.4 Å². The van der Waals surface area contributed by atoms with E-state index in [2.05, 4.69) is 5.16 Å². The highest BCUT2D eigenvalue weighted by atomic mass is 35.5. The maximum atomic E-state index is 13.0. The van der Waals surface area contributed by atoms with Crippen LogP contribution in [0.3, 0.4) is 0 Å². The third kappa shape index (κ3) is 4.01. The largest absolute Gasteiger partial charge is 0.356 e. The number of aromatic nitrogens is 1. The smallest absolute Gasteiger partial charge is 0.220 e. The van der Waals surface area contributed by atoms with E-state index >= 15 is 0 Å². The topological polar surface area (TPSA) is 63.4 Å². The molecule has 0 saturated carbocycles.